The third kappa shape index (κ3) is 5.48. The number of nitrogens with zero attached hydrogens (tertiary/aromatic N) is 3. The molecule has 0 unspecified atom stereocenters. The number of aromatic hydroxyl groups is 1. The third-order valence-electron chi connectivity index (χ3n) is 4.87. The van der Waals surface area contributed by atoms with E-state index < -0.39 is 0 Å². The topological polar surface area (TPSA) is 80.0 Å². The van der Waals surface area contributed by atoms with Gasteiger partial charge in [-0.1, -0.05) is 67.4 Å². The van der Waals surface area contributed by atoms with E-state index in [0.29, 0.717) is 22.2 Å². The van der Waals surface area contributed by atoms with Crippen LogP contribution < -0.4 is 5.32 Å². The van der Waals surface area contributed by atoms with Crippen LogP contribution in [0.2, 0.25) is 0 Å². The second kappa shape index (κ2) is 10.1. The molecule has 33 heavy (non-hydrogen) atoms. The Bertz CT molecular complexity index is 1340. The minimum Gasteiger partial charge on any atom is -0.507 e. The van der Waals surface area contributed by atoms with Crippen LogP contribution in [-0.2, 0) is 4.79 Å². The van der Waals surface area contributed by atoms with Crippen molar-refractivity contribution in [1.29, 1.82) is 0 Å². The lowest BCUT2D eigenvalue weighted by atomic mass is 10.1. The summed E-state index contributed by atoms with van der Waals surface area (Å²) in [5, 5.41) is 22.7. The average molecular weight is 588 g/mol. The Morgan fingerprint density at radius 3 is 2.58 bits per heavy atom. The predicted octanol–water partition coefficient (Wildman–Crippen LogP) is 6.51. The highest BCUT2D eigenvalue weighted by Gasteiger charge is 2.21. The van der Waals surface area contributed by atoms with E-state index in [1.165, 1.54) is 11.8 Å². The number of thioether (sulfide) groups is 1. The van der Waals surface area contributed by atoms with Gasteiger partial charge in [-0.2, -0.15) is 0 Å². The van der Waals surface area contributed by atoms with Gasteiger partial charge in [0, 0.05) is 14.6 Å². The lowest BCUT2D eigenvalue weighted by Gasteiger charge is -2.14. The molecule has 1 aromatic heterocycles. The van der Waals surface area contributed by atoms with Gasteiger partial charge in [0.15, 0.2) is 11.0 Å². The Hall–Kier alpha value is -2.62. The number of aryl methyl sites for hydroxylation is 2. The van der Waals surface area contributed by atoms with Crippen molar-refractivity contribution < 1.29 is 9.90 Å². The summed E-state index contributed by atoms with van der Waals surface area (Å²) in [4.78, 5) is 12.6. The summed E-state index contributed by atoms with van der Waals surface area (Å²) in [5.41, 5.74) is 4.31. The summed E-state index contributed by atoms with van der Waals surface area (Å²) in [5.74, 6) is 0.594. The van der Waals surface area contributed by atoms with E-state index in [0.717, 1.165) is 25.8 Å². The van der Waals surface area contributed by atoms with Crippen LogP contribution in [0.4, 0.5) is 5.69 Å². The number of anilines is 1. The molecule has 0 bridgehead atoms. The number of carbonyl (C=O) groups is 1. The molecule has 0 atom stereocenters. The maximum absolute atomic E-state index is 12.6. The van der Waals surface area contributed by atoms with Crippen molar-refractivity contribution in [2.45, 2.75) is 19.0 Å². The minimum absolute atomic E-state index is 0.0977. The smallest absolute Gasteiger partial charge is 0.234 e. The fourth-order valence-corrected chi connectivity index (χ4v) is 4.90. The summed E-state index contributed by atoms with van der Waals surface area (Å²) in [6, 6.07) is 18.7. The van der Waals surface area contributed by atoms with E-state index in [1.54, 1.807) is 18.2 Å². The maximum Gasteiger partial charge on any atom is 0.234 e. The first-order valence-corrected chi connectivity index (χ1v) is 12.6. The molecule has 0 fully saturated rings. The first-order valence-electron chi connectivity index (χ1n) is 10.0. The van der Waals surface area contributed by atoms with Crippen molar-refractivity contribution in [3.63, 3.8) is 0 Å². The lowest BCUT2D eigenvalue weighted by molar-refractivity contribution is -0.113. The van der Waals surface area contributed by atoms with Crippen LogP contribution in [0.3, 0.4) is 0 Å². The van der Waals surface area contributed by atoms with E-state index in [1.807, 2.05) is 54.8 Å². The van der Waals surface area contributed by atoms with E-state index in [-0.39, 0.29) is 17.4 Å². The number of amides is 1. The van der Waals surface area contributed by atoms with Crippen LogP contribution in [0.25, 0.3) is 17.1 Å². The Balaban J connectivity index is 1.68. The van der Waals surface area contributed by atoms with Crippen molar-refractivity contribution >= 4 is 55.2 Å². The quantitative estimate of drug-likeness (QED) is 0.251. The Morgan fingerprint density at radius 1 is 1.03 bits per heavy atom. The molecule has 3 aromatic carbocycles. The molecule has 4 rings (SSSR count). The first kappa shape index (κ1) is 23.5. The molecule has 0 saturated heterocycles. The van der Waals surface area contributed by atoms with Crippen LogP contribution in [0, 0.1) is 13.8 Å². The van der Waals surface area contributed by atoms with Crippen molar-refractivity contribution in [1.82, 2.24) is 14.8 Å². The molecule has 0 saturated carbocycles. The molecule has 0 spiro atoms. The molecule has 1 amide bonds. The maximum atomic E-state index is 12.6. The molecule has 0 aliphatic carbocycles. The van der Waals surface area contributed by atoms with Gasteiger partial charge in [-0.15, -0.1) is 10.2 Å². The van der Waals surface area contributed by atoms with E-state index >= 15 is 0 Å². The van der Waals surface area contributed by atoms with Gasteiger partial charge in [-0.3, -0.25) is 9.36 Å². The zero-order chi connectivity index (χ0) is 23.5. The van der Waals surface area contributed by atoms with Crippen molar-refractivity contribution in [3.8, 4) is 22.8 Å². The van der Waals surface area contributed by atoms with Crippen LogP contribution in [0.15, 0.2) is 74.8 Å². The molecular weight excluding hydrogens is 568 g/mol. The number of halogens is 2. The van der Waals surface area contributed by atoms with Crippen LogP contribution in [0.1, 0.15) is 11.1 Å². The van der Waals surface area contributed by atoms with Crippen molar-refractivity contribution in [3.05, 3.63) is 80.7 Å². The number of aromatic nitrogens is 3. The summed E-state index contributed by atoms with van der Waals surface area (Å²) in [7, 11) is 0. The number of rotatable bonds is 6. The highest BCUT2D eigenvalue weighted by atomic mass is 79.9. The zero-order valence-electron chi connectivity index (χ0n) is 17.8. The average Bonchev–Trinajstić information content (AvgIpc) is 3.17. The summed E-state index contributed by atoms with van der Waals surface area (Å²) in [6.45, 7) is 4.05. The zero-order valence-corrected chi connectivity index (χ0v) is 21.8. The molecule has 0 aliphatic heterocycles. The van der Waals surface area contributed by atoms with Crippen LogP contribution in [0.5, 0.6) is 5.75 Å². The second-order valence-corrected chi connectivity index (χ2v) is 10.2. The molecule has 0 aliphatic rings. The molecule has 2 N–H and O–H groups in total. The molecule has 168 valence electrons. The second-order valence-electron chi connectivity index (χ2n) is 7.44. The fourth-order valence-electron chi connectivity index (χ4n) is 3.39. The molecule has 0 radical (unpaired) electrons. The molecular formula is C24H20Br2N4O2S. The Labute approximate surface area is 212 Å². The Morgan fingerprint density at radius 2 is 1.82 bits per heavy atom. The monoisotopic (exact) mass is 586 g/mol. The highest BCUT2D eigenvalue weighted by molar-refractivity contribution is 9.10. The largest absolute Gasteiger partial charge is 0.507 e. The normalized spacial score (nSPS) is 10.9. The van der Waals surface area contributed by atoms with E-state index in [4.69, 9.17) is 0 Å². The molecule has 1 heterocycles. The van der Waals surface area contributed by atoms with Crippen LogP contribution in [-0.4, -0.2) is 31.5 Å². The number of benzene rings is 3. The SMILES string of the molecule is Cc1ccc(-n2c(SCC(=O)Nc3cccc(Br)c3)nnc2-c2cc(Br)ccc2O)c(C)c1. The summed E-state index contributed by atoms with van der Waals surface area (Å²) >= 11 is 8.15. The highest BCUT2D eigenvalue weighted by Crippen LogP contribution is 2.35. The molecule has 9 heteroatoms. The van der Waals surface area contributed by atoms with Crippen LogP contribution >= 0.6 is 43.6 Å². The number of hydrogen-bond acceptors (Lipinski definition) is 5. The van der Waals surface area contributed by atoms with Gasteiger partial charge in [0.05, 0.1) is 17.0 Å². The van der Waals surface area contributed by atoms with Gasteiger partial charge >= 0.3 is 0 Å². The standard InChI is InChI=1S/C24H20Br2N4O2S/c1-14-6-8-20(15(2)10-14)30-23(19-12-17(26)7-9-21(19)31)28-29-24(30)33-13-22(32)27-18-5-3-4-16(25)11-18/h3-12,31H,13H2,1-2H3,(H,27,32). The third-order valence-corrected chi connectivity index (χ3v) is 6.78. The fraction of sp³-hybridized carbons (Fsp3) is 0.125. The number of phenolic OH excluding ortho intramolecular Hbond substituents is 1. The summed E-state index contributed by atoms with van der Waals surface area (Å²) in [6.07, 6.45) is 0. The van der Waals surface area contributed by atoms with Gasteiger partial charge in [0.1, 0.15) is 5.75 Å². The molecule has 6 nitrogen and oxygen atoms in total. The van der Waals surface area contributed by atoms with E-state index in [2.05, 4.69) is 53.4 Å². The Kier molecular flexibility index (Phi) is 7.21. The van der Waals surface area contributed by atoms with Crippen molar-refractivity contribution in [2.24, 2.45) is 0 Å². The number of nitrogens with one attached hydrogen (secondary N) is 1. The number of phenols is 1. The van der Waals surface area contributed by atoms with Gasteiger partial charge in [-0.05, 0) is 61.9 Å². The lowest BCUT2D eigenvalue weighted by Crippen LogP contribution is -2.14. The van der Waals surface area contributed by atoms with Gasteiger partial charge in [0.2, 0.25) is 5.91 Å². The van der Waals surface area contributed by atoms with Crippen molar-refractivity contribution in [2.75, 3.05) is 11.1 Å². The predicted molar refractivity (Wildman–Crippen MR) is 139 cm³/mol. The summed E-state index contributed by atoms with van der Waals surface area (Å²) < 4.78 is 3.59. The molecule has 4 aromatic rings. The van der Waals surface area contributed by atoms with Gasteiger partial charge < -0.3 is 10.4 Å². The minimum atomic E-state index is -0.153. The number of carbonyl (C=O) groups excluding carboxylic acids is 1. The van der Waals surface area contributed by atoms with E-state index in [9.17, 15) is 9.90 Å². The van der Waals surface area contributed by atoms with Gasteiger partial charge in [0.25, 0.3) is 0 Å². The van der Waals surface area contributed by atoms with Gasteiger partial charge in [-0.25, -0.2) is 0 Å². The number of hydrogen-bond donors (Lipinski definition) is 2. The first-order chi connectivity index (χ1) is 15.8.